The van der Waals surface area contributed by atoms with Crippen LogP contribution in [0.3, 0.4) is 0 Å². The Bertz CT molecular complexity index is 285. The fourth-order valence-electron chi connectivity index (χ4n) is 3.73. The summed E-state index contributed by atoms with van der Waals surface area (Å²) in [5.41, 5.74) is 0. The normalized spacial score (nSPS) is 38.3. The summed E-state index contributed by atoms with van der Waals surface area (Å²) in [5.74, 6) is 2.00. The Hall–Kier alpha value is -0.630. The van der Waals surface area contributed by atoms with Gasteiger partial charge in [0.25, 0.3) is 0 Å². The Morgan fingerprint density at radius 1 is 1.41 bits per heavy atom. The molecule has 2 heteroatoms. The van der Waals surface area contributed by atoms with Crippen molar-refractivity contribution >= 4 is 5.78 Å². The highest BCUT2D eigenvalue weighted by Crippen LogP contribution is 2.42. The third kappa shape index (κ3) is 2.79. The molecule has 0 aromatic heterocycles. The second kappa shape index (κ2) is 5.81. The SMILES string of the molecule is C=CCC1C[C@H](OC)[C@H]2CCC[C@@H]2CCC1=O. The van der Waals surface area contributed by atoms with Crippen LogP contribution in [0.1, 0.15) is 44.9 Å². The van der Waals surface area contributed by atoms with Gasteiger partial charge in [0.1, 0.15) is 5.78 Å². The van der Waals surface area contributed by atoms with Crippen LogP contribution in [-0.2, 0) is 9.53 Å². The summed E-state index contributed by atoms with van der Waals surface area (Å²) in [6.45, 7) is 3.77. The lowest BCUT2D eigenvalue weighted by molar-refractivity contribution is -0.126. The lowest BCUT2D eigenvalue weighted by atomic mass is 9.77. The van der Waals surface area contributed by atoms with Crippen LogP contribution >= 0.6 is 0 Å². The Labute approximate surface area is 104 Å². The van der Waals surface area contributed by atoms with Gasteiger partial charge in [0.05, 0.1) is 6.10 Å². The number of hydrogen-bond acceptors (Lipinski definition) is 2. The summed E-state index contributed by atoms with van der Waals surface area (Å²) < 4.78 is 5.68. The maximum absolute atomic E-state index is 12.1. The van der Waals surface area contributed by atoms with Crippen LogP contribution < -0.4 is 0 Å². The minimum absolute atomic E-state index is 0.152. The summed E-state index contributed by atoms with van der Waals surface area (Å²) in [6, 6.07) is 0. The minimum atomic E-state index is 0.152. The molecular formula is C15H24O2. The zero-order valence-electron chi connectivity index (χ0n) is 10.9. The number of hydrogen-bond donors (Lipinski definition) is 0. The smallest absolute Gasteiger partial charge is 0.136 e. The number of rotatable bonds is 3. The first-order chi connectivity index (χ1) is 8.26. The average Bonchev–Trinajstić information content (AvgIpc) is 2.77. The van der Waals surface area contributed by atoms with Gasteiger partial charge >= 0.3 is 0 Å². The average molecular weight is 236 g/mol. The zero-order chi connectivity index (χ0) is 12.3. The molecule has 0 aliphatic heterocycles. The molecule has 2 aliphatic rings. The van der Waals surface area contributed by atoms with E-state index in [1.54, 1.807) is 7.11 Å². The summed E-state index contributed by atoms with van der Waals surface area (Å²) in [4.78, 5) is 12.1. The highest BCUT2D eigenvalue weighted by Gasteiger charge is 2.38. The molecule has 2 nitrogen and oxygen atoms in total. The number of carbonyl (C=O) groups excluding carboxylic acids is 1. The number of ether oxygens (including phenoxy) is 1. The topological polar surface area (TPSA) is 26.3 Å². The molecule has 0 amide bonds. The predicted octanol–water partition coefficient (Wildman–Crippen LogP) is 3.36. The Kier molecular flexibility index (Phi) is 4.38. The molecule has 2 saturated carbocycles. The monoisotopic (exact) mass is 236 g/mol. The Morgan fingerprint density at radius 2 is 2.24 bits per heavy atom. The van der Waals surface area contributed by atoms with Crippen molar-refractivity contribution in [1.29, 1.82) is 0 Å². The summed E-state index contributed by atoms with van der Waals surface area (Å²) >= 11 is 0. The predicted molar refractivity (Wildman–Crippen MR) is 68.8 cm³/mol. The van der Waals surface area contributed by atoms with Crippen LogP contribution in [0.4, 0.5) is 0 Å². The van der Waals surface area contributed by atoms with Crippen molar-refractivity contribution in [2.75, 3.05) is 7.11 Å². The first kappa shape index (κ1) is 12.8. The maximum Gasteiger partial charge on any atom is 0.136 e. The van der Waals surface area contributed by atoms with E-state index in [4.69, 9.17) is 4.74 Å². The van der Waals surface area contributed by atoms with Gasteiger partial charge in [-0.2, -0.15) is 0 Å². The molecular weight excluding hydrogens is 212 g/mol. The molecule has 0 N–H and O–H groups in total. The van der Waals surface area contributed by atoms with Crippen molar-refractivity contribution in [3.05, 3.63) is 12.7 Å². The van der Waals surface area contributed by atoms with Gasteiger partial charge in [0.15, 0.2) is 0 Å². The van der Waals surface area contributed by atoms with E-state index in [-0.39, 0.29) is 12.0 Å². The van der Waals surface area contributed by atoms with Gasteiger partial charge in [-0.25, -0.2) is 0 Å². The second-order valence-corrected chi connectivity index (χ2v) is 5.59. The number of carbonyl (C=O) groups is 1. The fourth-order valence-corrected chi connectivity index (χ4v) is 3.73. The van der Waals surface area contributed by atoms with Crippen LogP contribution in [0.25, 0.3) is 0 Å². The summed E-state index contributed by atoms with van der Waals surface area (Å²) in [6.07, 6.45) is 9.64. The van der Waals surface area contributed by atoms with Gasteiger partial charge < -0.3 is 4.74 Å². The van der Waals surface area contributed by atoms with E-state index in [1.165, 1.54) is 19.3 Å². The van der Waals surface area contributed by atoms with Crippen LogP contribution in [0.5, 0.6) is 0 Å². The maximum atomic E-state index is 12.1. The van der Waals surface area contributed by atoms with Gasteiger partial charge in [-0.15, -0.1) is 6.58 Å². The largest absolute Gasteiger partial charge is 0.381 e. The van der Waals surface area contributed by atoms with Crippen molar-refractivity contribution in [3.63, 3.8) is 0 Å². The van der Waals surface area contributed by atoms with E-state index in [9.17, 15) is 4.79 Å². The van der Waals surface area contributed by atoms with Crippen LogP contribution in [0.15, 0.2) is 12.7 Å². The van der Waals surface area contributed by atoms with Crippen LogP contribution in [0, 0.1) is 17.8 Å². The molecule has 4 atom stereocenters. The summed E-state index contributed by atoms with van der Waals surface area (Å²) in [5, 5.41) is 0. The fraction of sp³-hybridized carbons (Fsp3) is 0.800. The molecule has 0 aromatic rings. The molecule has 0 spiro atoms. The molecule has 0 radical (unpaired) electrons. The van der Waals surface area contributed by atoms with E-state index in [1.807, 2.05) is 6.08 Å². The molecule has 0 saturated heterocycles. The number of methoxy groups -OCH3 is 1. The van der Waals surface area contributed by atoms with Crippen molar-refractivity contribution in [2.24, 2.45) is 17.8 Å². The summed E-state index contributed by atoms with van der Waals surface area (Å²) in [7, 11) is 1.80. The van der Waals surface area contributed by atoms with E-state index >= 15 is 0 Å². The lowest BCUT2D eigenvalue weighted by Gasteiger charge is -2.32. The van der Waals surface area contributed by atoms with Crippen LogP contribution in [0.2, 0.25) is 0 Å². The molecule has 1 unspecified atom stereocenters. The third-order valence-corrected chi connectivity index (χ3v) is 4.68. The second-order valence-electron chi connectivity index (χ2n) is 5.59. The number of allylic oxidation sites excluding steroid dienone is 1. The van der Waals surface area contributed by atoms with Gasteiger partial charge in [0, 0.05) is 19.4 Å². The molecule has 0 aromatic carbocycles. The number of fused-ring (bicyclic) bond motifs is 1. The van der Waals surface area contributed by atoms with Gasteiger partial charge in [-0.1, -0.05) is 18.9 Å². The van der Waals surface area contributed by atoms with Crippen molar-refractivity contribution in [3.8, 4) is 0 Å². The van der Waals surface area contributed by atoms with Crippen LogP contribution in [-0.4, -0.2) is 19.0 Å². The van der Waals surface area contributed by atoms with E-state index in [2.05, 4.69) is 6.58 Å². The van der Waals surface area contributed by atoms with E-state index in [0.29, 0.717) is 11.7 Å². The highest BCUT2D eigenvalue weighted by atomic mass is 16.5. The quantitative estimate of drug-likeness (QED) is 0.702. The number of ketones is 1. The molecule has 17 heavy (non-hydrogen) atoms. The molecule has 2 fully saturated rings. The zero-order valence-corrected chi connectivity index (χ0v) is 10.9. The van der Waals surface area contributed by atoms with Gasteiger partial charge in [-0.05, 0) is 37.5 Å². The van der Waals surface area contributed by atoms with Crippen molar-refractivity contribution < 1.29 is 9.53 Å². The Morgan fingerprint density at radius 3 is 2.94 bits per heavy atom. The minimum Gasteiger partial charge on any atom is -0.381 e. The first-order valence-electron chi connectivity index (χ1n) is 6.92. The molecule has 2 aliphatic carbocycles. The van der Waals surface area contributed by atoms with E-state index < -0.39 is 0 Å². The van der Waals surface area contributed by atoms with Gasteiger partial charge in [-0.3, -0.25) is 4.79 Å². The standard InChI is InChI=1S/C15H24O2/c1-3-5-12-10-15(17-2)13-7-4-6-11(13)8-9-14(12)16/h3,11-13,15H,1,4-10H2,2H3/t11-,12?,13+,15+/m1/s1. The van der Waals surface area contributed by atoms with Crippen molar-refractivity contribution in [1.82, 2.24) is 0 Å². The van der Waals surface area contributed by atoms with E-state index in [0.717, 1.165) is 31.6 Å². The lowest BCUT2D eigenvalue weighted by Crippen LogP contribution is -2.33. The third-order valence-electron chi connectivity index (χ3n) is 4.68. The van der Waals surface area contributed by atoms with Crippen molar-refractivity contribution in [2.45, 2.75) is 51.0 Å². The Balaban J connectivity index is 2.10. The molecule has 2 rings (SSSR count). The molecule has 0 heterocycles. The molecule has 0 bridgehead atoms. The number of Topliss-reactive ketones (excluding diaryl/α,β-unsaturated/α-hetero) is 1. The van der Waals surface area contributed by atoms with Gasteiger partial charge in [0.2, 0.25) is 0 Å². The molecule has 96 valence electrons. The highest BCUT2D eigenvalue weighted by molar-refractivity contribution is 5.81. The first-order valence-corrected chi connectivity index (χ1v) is 6.92.